The predicted octanol–water partition coefficient (Wildman–Crippen LogP) is 7.13. The summed E-state index contributed by atoms with van der Waals surface area (Å²) in [7, 11) is 1.70. The summed E-state index contributed by atoms with van der Waals surface area (Å²) in [6.45, 7) is 14.5. The van der Waals surface area contributed by atoms with Crippen molar-refractivity contribution in [3.8, 4) is 23.0 Å². The summed E-state index contributed by atoms with van der Waals surface area (Å²) in [4.78, 5) is 24.8. The van der Waals surface area contributed by atoms with Crippen molar-refractivity contribution in [3.05, 3.63) is 46.5 Å². The predicted molar refractivity (Wildman–Crippen MR) is 150 cm³/mol. The smallest absolute Gasteiger partial charge is 0.314 e. The molecule has 1 unspecified atom stereocenters. The Balaban J connectivity index is 1.41. The number of carbonyl (C=O) groups is 2. The molecule has 2 aliphatic heterocycles. The fraction of sp³-hybridized carbons (Fsp3) is 0.576. The lowest BCUT2D eigenvalue weighted by Crippen LogP contribution is -2.55. The highest BCUT2D eigenvalue weighted by atomic mass is 16.7. The normalized spacial score (nSPS) is 26.5. The van der Waals surface area contributed by atoms with Crippen molar-refractivity contribution in [1.29, 1.82) is 0 Å². The molecule has 5 rings (SSSR count). The standard InChI is InChI=1S/C33H42O6/c1-19-13-28-24(15-26(19)36-8)31(4,5)17-33(38-28)18-32(6,7)25-16-27(20(2)14-29(25)39-33)37-30(35)23-11-9-22(10-12-23)21(3)34/h13-16,22-23H,9-12,17-18H2,1-8H3. The Labute approximate surface area is 232 Å². The van der Waals surface area contributed by atoms with Crippen LogP contribution in [0.3, 0.4) is 0 Å². The van der Waals surface area contributed by atoms with Crippen molar-refractivity contribution in [2.75, 3.05) is 7.11 Å². The van der Waals surface area contributed by atoms with Crippen LogP contribution >= 0.6 is 0 Å². The number of ether oxygens (including phenoxy) is 4. The first-order valence-corrected chi connectivity index (χ1v) is 14.2. The molecule has 2 aromatic rings. The van der Waals surface area contributed by atoms with E-state index in [1.807, 2.05) is 26.0 Å². The highest BCUT2D eigenvalue weighted by molar-refractivity contribution is 5.79. The topological polar surface area (TPSA) is 71.1 Å². The summed E-state index contributed by atoms with van der Waals surface area (Å²) in [6, 6.07) is 8.11. The Hall–Kier alpha value is -3.02. The van der Waals surface area contributed by atoms with Gasteiger partial charge in [-0.1, -0.05) is 27.7 Å². The molecule has 1 fully saturated rings. The molecule has 6 heteroatoms. The van der Waals surface area contributed by atoms with Crippen LogP contribution in [-0.4, -0.2) is 24.6 Å². The molecular weight excluding hydrogens is 492 g/mol. The van der Waals surface area contributed by atoms with Gasteiger partial charge in [0.25, 0.3) is 5.79 Å². The largest absolute Gasteiger partial charge is 0.496 e. The molecule has 2 heterocycles. The summed E-state index contributed by atoms with van der Waals surface area (Å²) in [5.74, 6) is 2.17. The van der Waals surface area contributed by atoms with E-state index >= 15 is 0 Å². The van der Waals surface area contributed by atoms with Crippen molar-refractivity contribution in [2.24, 2.45) is 11.8 Å². The van der Waals surface area contributed by atoms with Crippen LogP contribution in [0.15, 0.2) is 24.3 Å². The molecule has 0 bridgehead atoms. The number of hydrogen-bond donors (Lipinski definition) is 0. The quantitative estimate of drug-likeness (QED) is 0.307. The number of methoxy groups -OCH3 is 1. The lowest BCUT2D eigenvalue weighted by Gasteiger charge is -2.51. The van der Waals surface area contributed by atoms with E-state index < -0.39 is 5.79 Å². The second-order valence-electron chi connectivity index (χ2n) is 13.2. The van der Waals surface area contributed by atoms with E-state index in [9.17, 15) is 9.59 Å². The molecule has 0 radical (unpaired) electrons. The number of rotatable bonds is 4. The molecule has 0 aromatic heterocycles. The number of benzene rings is 2. The van der Waals surface area contributed by atoms with Crippen LogP contribution in [0.5, 0.6) is 23.0 Å². The van der Waals surface area contributed by atoms with E-state index in [-0.39, 0.29) is 34.4 Å². The molecular formula is C33H42O6. The molecule has 39 heavy (non-hydrogen) atoms. The van der Waals surface area contributed by atoms with Crippen LogP contribution in [0, 0.1) is 25.7 Å². The van der Waals surface area contributed by atoms with Crippen molar-refractivity contribution in [2.45, 2.75) is 104 Å². The molecule has 1 atom stereocenters. The third kappa shape index (κ3) is 5.03. The third-order valence-electron chi connectivity index (χ3n) is 9.09. The second kappa shape index (κ2) is 9.57. The molecule has 6 nitrogen and oxygen atoms in total. The summed E-state index contributed by atoms with van der Waals surface area (Å²) in [5, 5.41) is 0. The average molecular weight is 535 g/mol. The van der Waals surface area contributed by atoms with Crippen molar-refractivity contribution < 1.29 is 28.5 Å². The minimum Gasteiger partial charge on any atom is -0.496 e. The van der Waals surface area contributed by atoms with E-state index in [0.29, 0.717) is 31.4 Å². The van der Waals surface area contributed by atoms with Gasteiger partial charge in [-0.25, -0.2) is 0 Å². The number of ketones is 1. The van der Waals surface area contributed by atoms with Gasteiger partial charge in [0.2, 0.25) is 0 Å². The van der Waals surface area contributed by atoms with Gasteiger partial charge in [-0.15, -0.1) is 0 Å². The second-order valence-corrected chi connectivity index (χ2v) is 13.2. The van der Waals surface area contributed by atoms with Crippen LogP contribution in [0.2, 0.25) is 0 Å². The summed E-state index contributed by atoms with van der Waals surface area (Å²) >= 11 is 0. The first kappa shape index (κ1) is 27.5. The monoisotopic (exact) mass is 534 g/mol. The van der Waals surface area contributed by atoms with Crippen LogP contribution in [-0.2, 0) is 20.4 Å². The number of fused-ring (bicyclic) bond motifs is 2. The lowest BCUT2D eigenvalue weighted by molar-refractivity contribution is -0.166. The number of hydrogen-bond acceptors (Lipinski definition) is 6. The maximum Gasteiger partial charge on any atom is 0.314 e. The van der Waals surface area contributed by atoms with Crippen LogP contribution < -0.4 is 18.9 Å². The Bertz CT molecular complexity index is 1310. The van der Waals surface area contributed by atoms with Crippen molar-refractivity contribution in [3.63, 3.8) is 0 Å². The Morgan fingerprint density at radius 2 is 1.23 bits per heavy atom. The fourth-order valence-corrected chi connectivity index (χ4v) is 6.97. The number of carbonyl (C=O) groups excluding carboxylic acids is 2. The van der Waals surface area contributed by atoms with Crippen LogP contribution in [0.25, 0.3) is 0 Å². The van der Waals surface area contributed by atoms with Crippen molar-refractivity contribution >= 4 is 11.8 Å². The zero-order chi connectivity index (χ0) is 28.3. The Morgan fingerprint density at radius 3 is 1.72 bits per heavy atom. The zero-order valence-electron chi connectivity index (χ0n) is 24.7. The Kier molecular flexibility index (Phi) is 6.76. The molecule has 1 saturated carbocycles. The van der Waals surface area contributed by atoms with Gasteiger partial charge >= 0.3 is 5.97 Å². The van der Waals surface area contributed by atoms with Gasteiger partial charge in [0.15, 0.2) is 0 Å². The minimum atomic E-state index is -0.811. The first-order chi connectivity index (χ1) is 18.2. The van der Waals surface area contributed by atoms with E-state index in [1.165, 1.54) is 0 Å². The lowest BCUT2D eigenvalue weighted by atomic mass is 9.69. The molecule has 3 aliphatic rings. The van der Waals surface area contributed by atoms with Gasteiger partial charge < -0.3 is 18.9 Å². The maximum atomic E-state index is 13.1. The van der Waals surface area contributed by atoms with Gasteiger partial charge in [-0.2, -0.15) is 0 Å². The first-order valence-electron chi connectivity index (χ1n) is 14.2. The third-order valence-corrected chi connectivity index (χ3v) is 9.09. The molecule has 1 spiro atoms. The summed E-state index contributed by atoms with van der Waals surface area (Å²) in [5.41, 5.74) is 3.55. The maximum absolute atomic E-state index is 13.1. The average Bonchev–Trinajstić information content (AvgIpc) is 2.83. The molecule has 0 saturated heterocycles. The molecule has 1 aliphatic carbocycles. The Morgan fingerprint density at radius 1 is 0.769 bits per heavy atom. The van der Waals surface area contributed by atoms with Gasteiger partial charge in [0.1, 0.15) is 28.8 Å². The summed E-state index contributed by atoms with van der Waals surface area (Å²) < 4.78 is 25.0. The van der Waals surface area contributed by atoms with E-state index in [1.54, 1.807) is 14.0 Å². The van der Waals surface area contributed by atoms with Gasteiger partial charge in [-0.05, 0) is 81.8 Å². The number of aryl methyl sites for hydroxylation is 2. The SMILES string of the molecule is COc1cc2c(cc1C)OC1(CC2(C)C)CC(C)(C)c2cc(OC(=O)C3CCC(C(C)=O)CC3)c(C)cc2O1. The molecule has 0 N–H and O–H groups in total. The highest BCUT2D eigenvalue weighted by Crippen LogP contribution is 2.55. The zero-order valence-corrected chi connectivity index (χ0v) is 24.7. The van der Waals surface area contributed by atoms with Gasteiger partial charge in [0, 0.05) is 40.7 Å². The minimum absolute atomic E-state index is 0.0784. The van der Waals surface area contributed by atoms with E-state index in [2.05, 4.69) is 39.8 Å². The van der Waals surface area contributed by atoms with Crippen LogP contribution in [0.1, 0.15) is 95.4 Å². The van der Waals surface area contributed by atoms with E-state index in [4.69, 9.17) is 18.9 Å². The summed E-state index contributed by atoms with van der Waals surface area (Å²) in [6.07, 6.45) is 4.27. The number of Topliss-reactive ketones (excluding diaryl/α,β-unsaturated/α-hetero) is 1. The molecule has 210 valence electrons. The fourth-order valence-electron chi connectivity index (χ4n) is 6.97. The molecule has 2 aromatic carbocycles. The highest BCUT2D eigenvalue weighted by Gasteiger charge is 2.53. The van der Waals surface area contributed by atoms with Gasteiger partial charge in [0.05, 0.1) is 13.0 Å². The van der Waals surface area contributed by atoms with Gasteiger partial charge in [-0.3, -0.25) is 9.59 Å². The molecule has 0 amide bonds. The number of esters is 1. The van der Waals surface area contributed by atoms with Crippen LogP contribution in [0.4, 0.5) is 0 Å². The van der Waals surface area contributed by atoms with E-state index in [0.717, 1.165) is 52.3 Å². The van der Waals surface area contributed by atoms with Crippen molar-refractivity contribution in [1.82, 2.24) is 0 Å².